The van der Waals surface area contributed by atoms with Gasteiger partial charge in [0.1, 0.15) is 6.54 Å². The standard InChI is InChI=1S/C15H13ClN2O/c1-10-2-7-14-13(8-10)17-15(19)9-18(14)12-5-3-11(16)4-6-12/h2-8H,9H2,1H3,(H,17,19). The highest BCUT2D eigenvalue weighted by atomic mass is 35.5. The number of carbonyl (C=O) groups is 1. The van der Waals surface area contributed by atoms with E-state index in [1.54, 1.807) is 0 Å². The second-order valence-corrected chi connectivity index (χ2v) is 5.07. The van der Waals surface area contributed by atoms with Gasteiger partial charge in [-0.3, -0.25) is 4.79 Å². The van der Waals surface area contributed by atoms with Crippen LogP contribution in [-0.4, -0.2) is 12.5 Å². The van der Waals surface area contributed by atoms with Crippen LogP contribution in [0.15, 0.2) is 42.5 Å². The smallest absolute Gasteiger partial charge is 0.244 e. The summed E-state index contributed by atoms with van der Waals surface area (Å²) in [7, 11) is 0. The molecule has 0 radical (unpaired) electrons. The van der Waals surface area contributed by atoms with Gasteiger partial charge in [-0.2, -0.15) is 0 Å². The monoisotopic (exact) mass is 272 g/mol. The zero-order chi connectivity index (χ0) is 13.4. The second kappa shape index (κ2) is 4.59. The molecule has 3 rings (SSSR count). The first-order valence-corrected chi connectivity index (χ1v) is 6.45. The van der Waals surface area contributed by atoms with Crippen molar-refractivity contribution in [1.82, 2.24) is 0 Å². The molecule has 0 bridgehead atoms. The van der Waals surface area contributed by atoms with Crippen molar-refractivity contribution in [3.05, 3.63) is 53.1 Å². The lowest BCUT2D eigenvalue weighted by Gasteiger charge is -2.31. The number of rotatable bonds is 1. The van der Waals surface area contributed by atoms with Crippen LogP contribution in [0.2, 0.25) is 5.02 Å². The Labute approximate surface area is 116 Å². The molecule has 96 valence electrons. The van der Waals surface area contributed by atoms with Crippen molar-refractivity contribution in [2.75, 3.05) is 16.8 Å². The van der Waals surface area contributed by atoms with Gasteiger partial charge in [-0.1, -0.05) is 17.7 Å². The third-order valence-corrected chi connectivity index (χ3v) is 3.41. The predicted molar refractivity (Wildman–Crippen MR) is 78.3 cm³/mol. The van der Waals surface area contributed by atoms with Crippen LogP contribution in [0.3, 0.4) is 0 Å². The first kappa shape index (κ1) is 12.1. The molecule has 0 aliphatic carbocycles. The third kappa shape index (κ3) is 2.29. The molecular weight excluding hydrogens is 260 g/mol. The summed E-state index contributed by atoms with van der Waals surface area (Å²) in [5.74, 6) is -0.00644. The lowest BCUT2D eigenvalue weighted by molar-refractivity contribution is -0.115. The summed E-state index contributed by atoms with van der Waals surface area (Å²) in [6, 6.07) is 13.6. The van der Waals surface area contributed by atoms with E-state index in [-0.39, 0.29) is 5.91 Å². The number of hydrogen-bond acceptors (Lipinski definition) is 2. The number of nitrogens with zero attached hydrogens (tertiary/aromatic N) is 1. The van der Waals surface area contributed by atoms with Gasteiger partial charge in [0.15, 0.2) is 0 Å². The molecule has 2 aromatic carbocycles. The Morgan fingerprint density at radius 1 is 1.16 bits per heavy atom. The Kier molecular flexibility index (Phi) is 2.91. The van der Waals surface area contributed by atoms with Crippen LogP contribution in [0.4, 0.5) is 17.1 Å². The van der Waals surface area contributed by atoms with Gasteiger partial charge in [0.2, 0.25) is 5.91 Å². The Hall–Kier alpha value is -2.00. The second-order valence-electron chi connectivity index (χ2n) is 4.63. The number of carbonyl (C=O) groups excluding carboxylic acids is 1. The van der Waals surface area contributed by atoms with Crippen molar-refractivity contribution in [2.45, 2.75) is 6.92 Å². The van der Waals surface area contributed by atoms with Gasteiger partial charge < -0.3 is 10.2 Å². The minimum Gasteiger partial charge on any atom is -0.330 e. The maximum Gasteiger partial charge on any atom is 0.244 e. The Morgan fingerprint density at radius 2 is 1.89 bits per heavy atom. The molecule has 1 aliphatic rings. The minimum absolute atomic E-state index is 0.00644. The van der Waals surface area contributed by atoms with E-state index in [1.807, 2.05) is 54.3 Å². The maximum atomic E-state index is 11.8. The Bertz CT molecular complexity index is 637. The number of fused-ring (bicyclic) bond motifs is 1. The molecule has 4 heteroatoms. The largest absolute Gasteiger partial charge is 0.330 e. The van der Waals surface area contributed by atoms with Gasteiger partial charge in [0.05, 0.1) is 11.4 Å². The molecule has 3 nitrogen and oxygen atoms in total. The van der Waals surface area contributed by atoms with E-state index < -0.39 is 0 Å². The van der Waals surface area contributed by atoms with Crippen molar-refractivity contribution < 1.29 is 4.79 Å². The molecule has 1 heterocycles. The highest BCUT2D eigenvalue weighted by Crippen LogP contribution is 2.35. The molecule has 0 saturated heterocycles. The Balaban J connectivity index is 2.08. The van der Waals surface area contributed by atoms with Crippen LogP contribution in [0.1, 0.15) is 5.56 Å². The average Bonchev–Trinajstić information content (AvgIpc) is 2.38. The summed E-state index contributed by atoms with van der Waals surface area (Å²) < 4.78 is 0. The summed E-state index contributed by atoms with van der Waals surface area (Å²) >= 11 is 5.90. The fourth-order valence-electron chi connectivity index (χ4n) is 2.26. The van der Waals surface area contributed by atoms with Crippen LogP contribution in [0.25, 0.3) is 0 Å². The topological polar surface area (TPSA) is 32.3 Å². The van der Waals surface area contributed by atoms with Gasteiger partial charge in [-0.25, -0.2) is 0 Å². The molecule has 1 aliphatic heterocycles. The quantitative estimate of drug-likeness (QED) is 0.858. The van der Waals surface area contributed by atoms with E-state index in [4.69, 9.17) is 11.6 Å². The van der Waals surface area contributed by atoms with Crippen molar-refractivity contribution >= 4 is 34.6 Å². The minimum atomic E-state index is -0.00644. The molecule has 0 unspecified atom stereocenters. The van der Waals surface area contributed by atoms with Crippen LogP contribution in [0.5, 0.6) is 0 Å². The highest BCUT2D eigenvalue weighted by Gasteiger charge is 2.22. The Morgan fingerprint density at radius 3 is 2.63 bits per heavy atom. The summed E-state index contributed by atoms with van der Waals surface area (Å²) in [6.45, 7) is 2.32. The van der Waals surface area contributed by atoms with E-state index in [2.05, 4.69) is 5.32 Å². The van der Waals surface area contributed by atoms with Crippen molar-refractivity contribution in [1.29, 1.82) is 0 Å². The molecule has 0 saturated carbocycles. The molecule has 1 N–H and O–H groups in total. The molecule has 1 amide bonds. The third-order valence-electron chi connectivity index (χ3n) is 3.16. The lowest BCUT2D eigenvalue weighted by atomic mass is 10.1. The molecule has 0 aromatic heterocycles. The number of aryl methyl sites for hydroxylation is 1. The summed E-state index contributed by atoms with van der Waals surface area (Å²) in [5, 5.41) is 3.59. The SMILES string of the molecule is Cc1ccc2c(c1)NC(=O)CN2c1ccc(Cl)cc1. The first-order chi connectivity index (χ1) is 9.13. The van der Waals surface area contributed by atoms with Gasteiger partial charge >= 0.3 is 0 Å². The van der Waals surface area contributed by atoms with Gasteiger partial charge in [-0.15, -0.1) is 0 Å². The zero-order valence-corrected chi connectivity index (χ0v) is 11.2. The van der Waals surface area contributed by atoms with E-state index in [0.29, 0.717) is 11.6 Å². The van der Waals surface area contributed by atoms with E-state index >= 15 is 0 Å². The van der Waals surface area contributed by atoms with Gasteiger partial charge in [0, 0.05) is 10.7 Å². The van der Waals surface area contributed by atoms with Crippen molar-refractivity contribution in [3.63, 3.8) is 0 Å². The molecular formula is C15H13ClN2O. The molecule has 0 spiro atoms. The summed E-state index contributed by atoms with van der Waals surface area (Å²) in [6.07, 6.45) is 0. The van der Waals surface area contributed by atoms with E-state index in [1.165, 1.54) is 0 Å². The fraction of sp³-hybridized carbons (Fsp3) is 0.133. The predicted octanol–water partition coefficient (Wildman–Crippen LogP) is 3.74. The van der Waals surface area contributed by atoms with Crippen molar-refractivity contribution in [3.8, 4) is 0 Å². The van der Waals surface area contributed by atoms with Crippen LogP contribution < -0.4 is 10.2 Å². The van der Waals surface area contributed by atoms with Gasteiger partial charge in [-0.05, 0) is 48.9 Å². The number of amides is 1. The molecule has 2 aromatic rings. The number of benzene rings is 2. The van der Waals surface area contributed by atoms with Gasteiger partial charge in [0.25, 0.3) is 0 Å². The average molecular weight is 273 g/mol. The van der Waals surface area contributed by atoms with E-state index in [9.17, 15) is 4.79 Å². The highest BCUT2D eigenvalue weighted by molar-refractivity contribution is 6.30. The first-order valence-electron chi connectivity index (χ1n) is 6.07. The lowest BCUT2D eigenvalue weighted by Crippen LogP contribution is -2.35. The summed E-state index contributed by atoms with van der Waals surface area (Å²) in [4.78, 5) is 13.8. The number of hydrogen-bond donors (Lipinski definition) is 1. The zero-order valence-electron chi connectivity index (χ0n) is 10.5. The van der Waals surface area contributed by atoms with E-state index in [0.717, 1.165) is 22.6 Å². The molecule has 0 atom stereocenters. The molecule has 19 heavy (non-hydrogen) atoms. The number of halogens is 1. The molecule has 0 fully saturated rings. The van der Waals surface area contributed by atoms with Crippen LogP contribution in [-0.2, 0) is 4.79 Å². The van der Waals surface area contributed by atoms with Crippen LogP contribution >= 0.6 is 11.6 Å². The van der Waals surface area contributed by atoms with Crippen molar-refractivity contribution in [2.24, 2.45) is 0 Å². The van der Waals surface area contributed by atoms with Crippen LogP contribution in [0, 0.1) is 6.92 Å². The fourth-order valence-corrected chi connectivity index (χ4v) is 2.38. The summed E-state index contributed by atoms with van der Waals surface area (Å²) in [5.41, 5.74) is 3.94. The normalized spacial score (nSPS) is 14.0. The maximum absolute atomic E-state index is 11.8. The number of nitrogens with one attached hydrogen (secondary N) is 1. The number of anilines is 3.